The van der Waals surface area contributed by atoms with Gasteiger partial charge in [0.1, 0.15) is 17.7 Å². The van der Waals surface area contributed by atoms with E-state index >= 15 is 0 Å². The predicted octanol–water partition coefficient (Wildman–Crippen LogP) is 2.41. The van der Waals surface area contributed by atoms with Gasteiger partial charge in [0.05, 0.1) is 23.7 Å². The number of nitrogens with two attached hydrogens (primary N) is 1. The summed E-state index contributed by atoms with van der Waals surface area (Å²) >= 11 is 0. The van der Waals surface area contributed by atoms with Crippen LogP contribution in [0.1, 0.15) is 22.0 Å². The van der Waals surface area contributed by atoms with E-state index < -0.39 is 10.0 Å². The molecule has 2 N–H and O–H groups in total. The van der Waals surface area contributed by atoms with Crippen LogP contribution in [0.2, 0.25) is 0 Å². The third-order valence-corrected chi connectivity index (χ3v) is 6.59. The molecule has 1 aliphatic heterocycles. The van der Waals surface area contributed by atoms with Gasteiger partial charge in [0.25, 0.3) is 5.91 Å². The van der Waals surface area contributed by atoms with Crippen molar-refractivity contribution in [1.82, 2.24) is 19.7 Å². The zero-order valence-corrected chi connectivity index (χ0v) is 19.5. The summed E-state index contributed by atoms with van der Waals surface area (Å²) in [4.78, 5) is 19.3. The molecule has 0 atom stereocenters. The number of nitrogens with zero attached hydrogens (tertiary/aromatic N) is 4. The summed E-state index contributed by atoms with van der Waals surface area (Å²) in [6.45, 7) is 0.888. The van der Waals surface area contributed by atoms with Gasteiger partial charge in [-0.15, -0.1) is 5.10 Å². The van der Waals surface area contributed by atoms with Gasteiger partial charge in [-0.25, -0.2) is 23.2 Å². The number of hydrogen-bond donors (Lipinski definition) is 1. The van der Waals surface area contributed by atoms with E-state index in [1.165, 1.54) is 12.1 Å². The van der Waals surface area contributed by atoms with Crippen molar-refractivity contribution in [3.8, 4) is 11.4 Å². The minimum Gasteiger partial charge on any atom is -0.487 e. The van der Waals surface area contributed by atoms with E-state index in [9.17, 15) is 13.2 Å². The van der Waals surface area contributed by atoms with Gasteiger partial charge in [0, 0.05) is 6.42 Å². The highest BCUT2D eigenvalue weighted by atomic mass is 32.2. The van der Waals surface area contributed by atoms with Gasteiger partial charge in [-0.3, -0.25) is 4.79 Å². The Morgan fingerprint density at radius 3 is 2.20 bits per heavy atom. The molecule has 1 aromatic heterocycles. The average molecular weight is 490 g/mol. The Hall–Kier alpha value is -4.02. The lowest BCUT2D eigenvalue weighted by molar-refractivity contribution is 0.0169. The SMILES string of the molecule is NS(=O)(=O)c1ccc(-n2nc(C(=O)N3CC(Oc4ccccc4)C3)nc2Cc2ccccc2)cc1. The average Bonchev–Trinajstić information content (AvgIpc) is 3.25. The van der Waals surface area contributed by atoms with Crippen molar-refractivity contribution in [2.24, 2.45) is 5.14 Å². The molecule has 1 saturated heterocycles. The molecular weight excluding hydrogens is 466 g/mol. The number of primary sulfonamides is 1. The van der Waals surface area contributed by atoms with E-state index in [1.54, 1.807) is 21.7 Å². The smallest absolute Gasteiger partial charge is 0.293 e. The van der Waals surface area contributed by atoms with Crippen LogP contribution in [-0.4, -0.2) is 53.2 Å². The number of hydrogen-bond acceptors (Lipinski definition) is 6. The number of likely N-dealkylation sites (tertiary alicyclic amines) is 1. The van der Waals surface area contributed by atoms with E-state index in [4.69, 9.17) is 9.88 Å². The van der Waals surface area contributed by atoms with Crippen molar-refractivity contribution in [1.29, 1.82) is 0 Å². The molecule has 1 fully saturated rings. The van der Waals surface area contributed by atoms with Crippen LogP contribution in [0.5, 0.6) is 5.75 Å². The molecule has 4 aromatic rings. The largest absolute Gasteiger partial charge is 0.487 e. The molecule has 0 saturated carbocycles. The fourth-order valence-electron chi connectivity index (χ4n) is 3.82. The van der Waals surface area contributed by atoms with Gasteiger partial charge in [0.2, 0.25) is 15.8 Å². The zero-order valence-electron chi connectivity index (χ0n) is 18.7. The maximum atomic E-state index is 13.1. The minimum atomic E-state index is -3.82. The van der Waals surface area contributed by atoms with Gasteiger partial charge in [-0.2, -0.15) is 0 Å². The Labute approximate surface area is 202 Å². The maximum Gasteiger partial charge on any atom is 0.293 e. The molecule has 0 bridgehead atoms. The van der Waals surface area contributed by atoms with Crippen molar-refractivity contribution in [3.05, 3.63) is 102 Å². The van der Waals surface area contributed by atoms with Crippen molar-refractivity contribution >= 4 is 15.9 Å². The molecule has 0 unspecified atom stereocenters. The summed E-state index contributed by atoms with van der Waals surface area (Å²) in [7, 11) is -3.82. The summed E-state index contributed by atoms with van der Waals surface area (Å²) in [5.74, 6) is 1.11. The summed E-state index contributed by atoms with van der Waals surface area (Å²) < 4.78 is 30.7. The standard InChI is InChI=1S/C25H23N5O4S/c26-35(32,33)22-13-11-19(12-14-22)30-23(15-18-7-3-1-4-8-18)27-24(28-30)25(31)29-16-21(17-29)34-20-9-5-2-6-10-20/h1-14,21H,15-17H2,(H2,26,32,33). The molecule has 1 amide bonds. The van der Waals surface area contributed by atoms with E-state index in [0.29, 0.717) is 31.0 Å². The molecule has 178 valence electrons. The lowest BCUT2D eigenvalue weighted by Crippen LogP contribution is -2.56. The summed E-state index contributed by atoms with van der Waals surface area (Å²) in [5, 5.41) is 9.69. The van der Waals surface area contributed by atoms with Crippen molar-refractivity contribution in [3.63, 3.8) is 0 Å². The fraction of sp³-hybridized carbons (Fsp3) is 0.160. The predicted molar refractivity (Wildman–Crippen MR) is 129 cm³/mol. The number of sulfonamides is 1. The van der Waals surface area contributed by atoms with Crippen LogP contribution in [0.25, 0.3) is 5.69 Å². The number of amides is 1. The second-order valence-corrected chi connectivity index (χ2v) is 9.79. The normalized spacial score (nSPS) is 13.9. The highest BCUT2D eigenvalue weighted by molar-refractivity contribution is 7.89. The number of carbonyl (C=O) groups excluding carboxylic acids is 1. The molecule has 1 aliphatic rings. The van der Waals surface area contributed by atoms with Crippen LogP contribution in [0.3, 0.4) is 0 Å². The highest BCUT2D eigenvalue weighted by Crippen LogP contribution is 2.21. The summed E-state index contributed by atoms with van der Waals surface area (Å²) in [6.07, 6.45) is 0.357. The van der Waals surface area contributed by atoms with Crippen LogP contribution < -0.4 is 9.88 Å². The topological polar surface area (TPSA) is 120 Å². The molecule has 3 aromatic carbocycles. The lowest BCUT2D eigenvalue weighted by Gasteiger charge is -2.38. The summed E-state index contributed by atoms with van der Waals surface area (Å²) in [6, 6.07) is 25.2. The summed E-state index contributed by atoms with van der Waals surface area (Å²) in [5.41, 5.74) is 1.57. The molecular formula is C25H23N5O4S. The van der Waals surface area contributed by atoms with Crippen LogP contribution in [0.4, 0.5) is 0 Å². The Kier molecular flexibility index (Phi) is 6.06. The Morgan fingerprint density at radius 1 is 0.943 bits per heavy atom. The van der Waals surface area contributed by atoms with Crippen molar-refractivity contribution in [2.45, 2.75) is 17.4 Å². The van der Waals surface area contributed by atoms with Gasteiger partial charge in [-0.05, 0) is 42.0 Å². The number of aromatic nitrogens is 3. The van der Waals surface area contributed by atoms with E-state index in [-0.39, 0.29) is 22.7 Å². The fourth-order valence-corrected chi connectivity index (χ4v) is 4.34. The number of ether oxygens (including phenoxy) is 1. The number of para-hydroxylation sites is 1. The molecule has 0 spiro atoms. The maximum absolute atomic E-state index is 13.1. The van der Waals surface area contributed by atoms with Gasteiger partial charge in [0.15, 0.2) is 0 Å². The van der Waals surface area contributed by atoms with Crippen LogP contribution in [0, 0.1) is 0 Å². The first-order chi connectivity index (χ1) is 16.9. The van der Waals surface area contributed by atoms with Crippen LogP contribution in [0.15, 0.2) is 89.8 Å². The first kappa shape index (κ1) is 22.8. The quantitative estimate of drug-likeness (QED) is 0.426. The zero-order chi connectivity index (χ0) is 24.4. The second kappa shape index (κ2) is 9.32. The first-order valence-corrected chi connectivity index (χ1v) is 12.6. The Morgan fingerprint density at radius 2 is 1.57 bits per heavy atom. The molecule has 9 nitrogen and oxygen atoms in total. The molecule has 5 rings (SSSR count). The number of benzene rings is 3. The van der Waals surface area contributed by atoms with Gasteiger partial charge >= 0.3 is 0 Å². The second-order valence-electron chi connectivity index (χ2n) is 8.23. The monoisotopic (exact) mass is 489 g/mol. The molecule has 35 heavy (non-hydrogen) atoms. The van der Waals surface area contributed by atoms with E-state index in [1.807, 2.05) is 60.7 Å². The molecule has 0 radical (unpaired) electrons. The number of carbonyl (C=O) groups is 1. The highest BCUT2D eigenvalue weighted by Gasteiger charge is 2.35. The lowest BCUT2D eigenvalue weighted by atomic mass is 10.1. The third-order valence-electron chi connectivity index (χ3n) is 5.66. The van der Waals surface area contributed by atoms with Crippen molar-refractivity contribution < 1.29 is 17.9 Å². The molecule has 0 aliphatic carbocycles. The number of rotatable bonds is 7. The Bertz CT molecular complexity index is 1430. The Balaban J connectivity index is 1.38. The third kappa shape index (κ3) is 5.08. The molecule has 10 heteroatoms. The van der Waals surface area contributed by atoms with Gasteiger partial charge < -0.3 is 9.64 Å². The van der Waals surface area contributed by atoms with Gasteiger partial charge in [-0.1, -0.05) is 48.5 Å². The first-order valence-electron chi connectivity index (χ1n) is 11.0. The van der Waals surface area contributed by atoms with Crippen LogP contribution >= 0.6 is 0 Å². The minimum absolute atomic E-state index is 0.00712. The van der Waals surface area contributed by atoms with E-state index in [0.717, 1.165) is 11.3 Å². The van der Waals surface area contributed by atoms with E-state index in [2.05, 4.69) is 10.1 Å². The van der Waals surface area contributed by atoms with Crippen molar-refractivity contribution in [2.75, 3.05) is 13.1 Å². The molecule has 2 heterocycles. The van der Waals surface area contributed by atoms with Crippen LogP contribution in [-0.2, 0) is 16.4 Å².